The fourth-order valence-corrected chi connectivity index (χ4v) is 1.82. The lowest BCUT2D eigenvalue weighted by Crippen LogP contribution is -2.00. The minimum atomic E-state index is -1.05. The highest BCUT2D eigenvalue weighted by Crippen LogP contribution is 2.25. The fourth-order valence-electron chi connectivity index (χ4n) is 1.60. The van der Waals surface area contributed by atoms with Crippen LogP contribution in [-0.4, -0.2) is 16.1 Å². The zero-order valence-electron chi connectivity index (χ0n) is 10.6. The molecule has 0 fully saturated rings. The Hall–Kier alpha value is -2.07. The van der Waals surface area contributed by atoms with Gasteiger partial charge in [-0.2, -0.15) is 0 Å². The molecular weight excluding hydrogens is 264 g/mol. The summed E-state index contributed by atoms with van der Waals surface area (Å²) in [5.74, 6) is -0.609. The molecule has 98 valence electrons. The predicted octanol–water partition coefficient (Wildman–Crippen LogP) is 3.79. The number of benzene rings is 1. The molecule has 0 atom stereocenters. The van der Waals surface area contributed by atoms with E-state index in [0.29, 0.717) is 5.82 Å². The van der Waals surface area contributed by atoms with Crippen LogP contribution in [0.1, 0.15) is 21.5 Å². The van der Waals surface area contributed by atoms with Crippen LogP contribution in [0, 0.1) is 13.8 Å². The molecule has 1 heterocycles. The Labute approximate surface area is 116 Å². The van der Waals surface area contributed by atoms with E-state index in [4.69, 9.17) is 16.7 Å². The Balaban J connectivity index is 2.28. The van der Waals surface area contributed by atoms with Crippen molar-refractivity contribution in [3.8, 4) is 0 Å². The van der Waals surface area contributed by atoms with Crippen LogP contribution >= 0.6 is 11.6 Å². The summed E-state index contributed by atoms with van der Waals surface area (Å²) in [7, 11) is 0. The number of halogens is 1. The van der Waals surface area contributed by atoms with E-state index >= 15 is 0 Å². The number of hydrogen-bond donors (Lipinski definition) is 2. The number of anilines is 2. The van der Waals surface area contributed by atoms with E-state index in [-0.39, 0.29) is 10.6 Å². The largest absolute Gasteiger partial charge is 0.478 e. The molecule has 2 rings (SSSR count). The number of aromatic carboxylic acids is 1. The second-order valence-electron chi connectivity index (χ2n) is 4.28. The van der Waals surface area contributed by atoms with E-state index in [9.17, 15) is 4.79 Å². The minimum absolute atomic E-state index is 0.0654. The van der Waals surface area contributed by atoms with E-state index < -0.39 is 5.97 Å². The molecule has 0 spiro atoms. The summed E-state index contributed by atoms with van der Waals surface area (Å²) in [5, 5.41) is 12.2. The second-order valence-corrected chi connectivity index (χ2v) is 4.69. The summed E-state index contributed by atoms with van der Waals surface area (Å²) in [5.41, 5.74) is 3.28. The third-order valence-corrected chi connectivity index (χ3v) is 3.15. The lowest BCUT2D eigenvalue weighted by Gasteiger charge is -2.09. The van der Waals surface area contributed by atoms with Crippen molar-refractivity contribution in [1.82, 2.24) is 4.98 Å². The SMILES string of the molecule is Cc1ccc(Nc2ncc(C(=O)O)cc2Cl)cc1C. The zero-order valence-corrected chi connectivity index (χ0v) is 11.3. The maximum absolute atomic E-state index is 10.8. The molecule has 0 aliphatic heterocycles. The van der Waals surface area contributed by atoms with Gasteiger partial charge < -0.3 is 10.4 Å². The van der Waals surface area contributed by atoms with Crippen molar-refractivity contribution in [2.75, 3.05) is 5.32 Å². The van der Waals surface area contributed by atoms with Crippen LogP contribution in [0.4, 0.5) is 11.5 Å². The molecule has 0 saturated carbocycles. The number of aromatic nitrogens is 1. The molecule has 4 nitrogen and oxygen atoms in total. The standard InChI is InChI=1S/C14H13ClN2O2/c1-8-3-4-11(5-9(8)2)17-13-12(15)6-10(7-16-13)14(18)19/h3-7H,1-2H3,(H,16,17)(H,18,19). The number of nitrogens with one attached hydrogen (secondary N) is 1. The van der Waals surface area contributed by atoms with Gasteiger partial charge in [0, 0.05) is 11.9 Å². The quantitative estimate of drug-likeness (QED) is 0.895. The number of carbonyl (C=O) groups is 1. The Bertz CT molecular complexity index is 641. The minimum Gasteiger partial charge on any atom is -0.478 e. The molecule has 0 aliphatic carbocycles. The summed E-state index contributed by atoms with van der Waals surface area (Å²) < 4.78 is 0. The van der Waals surface area contributed by atoms with Gasteiger partial charge in [-0.15, -0.1) is 0 Å². The molecular formula is C14H13ClN2O2. The van der Waals surface area contributed by atoms with Crippen LogP contribution in [0.25, 0.3) is 0 Å². The summed E-state index contributed by atoms with van der Waals surface area (Å²) in [6, 6.07) is 7.28. The molecule has 2 aromatic rings. The molecule has 19 heavy (non-hydrogen) atoms. The molecule has 5 heteroatoms. The molecule has 0 radical (unpaired) electrons. The van der Waals surface area contributed by atoms with Crippen molar-refractivity contribution < 1.29 is 9.90 Å². The van der Waals surface area contributed by atoms with E-state index in [2.05, 4.69) is 10.3 Å². The molecule has 1 aromatic heterocycles. The van der Waals surface area contributed by atoms with Gasteiger partial charge in [-0.25, -0.2) is 9.78 Å². The van der Waals surface area contributed by atoms with Crippen LogP contribution in [0.3, 0.4) is 0 Å². The lowest BCUT2D eigenvalue weighted by molar-refractivity contribution is 0.0696. The Morgan fingerprint density at radius 2 is 2.00 bits per heavy atom. The molecule has 0 bridgehead atoms. The highest BCUT2D eigenvalue weighted by Gasteiger charge is 2.08. The predicted molar refractivity (Wildman–Crippen MR) is 75.4 cm³/mol. The van der Waals surface area contributed by atoms with Crippen molar-refractivity contribution >= 4 is 29.1 Å². The number of pyridine rings is 1. The summed E-state index contributed by atoms with van der Waals surface area (Å²) in [6.07, 6.45) is 1.28. The molecule has 2 N–H and O–H groups in total. The Morgan fingerprint density at radius 3 is 2.58 bits per heavy atom. The molecule has 0 unspecified atom stereocenters. The molecule has 0 amide bonds. The highest BCUT2D eigenvalue weighted by molar-refractivity contribution is 6.33. The van der Waals surface area contributed by atoms with Gasteiger partial charge in [-0.3, -0.25) is 0 Å². The first-order valence-corrected chi connectivity index (χ1v) is 6.08. The second kappa shape index (κ2) is 5.28. The summed E-state index contributed by atoms with van der Waals surface area (Å²) >= 11 is 6.01. The van der Waals surface area contributed by atoms with E-state index in [1.54, 1.807) is 0 Å². The third kappa shape index (κ3) is 3.03. The van der Waals surface area contributed by atoms with Gasteiger partial charge in [0.1, 0.15) is 5.82 Å². The van der Waals surface area contributed by atoms with Crippen molar-refractivity contribution in [2.24, 2.45) is 0 Å². The normalized spacial score (nSPS) is 10.3. The van der Waals surface area contributed by atoms with Crippen LogP contribution < -0.4 is 5.32 Å². The fraction of sp³-hybridized carbons (Fsp3) is 0.143. The average molecular weight is 277 g/mol. The van der Waals surface area contributed by atoms with Crippen LogP contribution in [0.2, 0.25) is 5.02 Å². The third-order valence-electron chi connectivity index (χ3n) is 2.86. The topological polar surface area (TPSA) is 62.2 Å². The number of hydrogen-bond acceptors (Lipinski definition) is 3. The van der Waals surface area contributed by atoms with Crippen molar-refractivity contribution in [1.29, 1.82) is 0 Å². The van der Waals surface area contributed by atoms with Crippen LogP contribution in [-0.2, 0) is 0 Å². The average Bonchev–Trinajstić information content (AvgIpc) is 2.36. The number of rotatable bonds is 3. The number of carboxylic acids is 1. The van der Waals surface area contributed by atoms with Gasteiger partial charge in [0.15, 0.2) is 0 Å². The van der Waals surface area contributed by atoms with Crippen molar-refractivity contribution in [3.63, 3.8) is 0 Å². The first-order chi connectivity index (χ1) is 8.97. The first kappa shape index (κ1) is 13.4. The monoisotopic (exact) mass is 276 g/mol. The van der Waals surface area contributed by atoms with Crippen LogP contribution in [0.15, 0.2) is 30.5 Å². The van der Waals surface area contributed by atoms with Crippen LogP contribution in [0.5, 0.6) is 0 Å². The van der Waals surface area contributed by atoms with Crippen molar-refractivity contribution in [2.45, 2.75) is 13.8 Å². The van der Waals surface area contributed by atoms with Gasteiger partial charge in [0.2, 0.25) is 0 Å². The number of aryl methyl sites for hydroxylation is 2. The maximum atomic E-state index is 10.8. The van der Waals surface area contributed by atoms with Gasteiger partial charge in [-0.05, 0) is 43.2 Å². The van der Waals surface area contributed by atoms with Crippen molar-refractivity contribution in [3.05, 3.63) is 52.2 Å². The smallest absolute Gasteiger partial charge is 0.337 e. The van der Waals surface area contributed by atoms with E-state index in [1.165, 1.54) is 17.8 Å². The Morgan fingerprint density at radius 1 is 1.26 bits per heavy atom. The van der Waals surface area contributed by atoms with Gasteiger partial charge in [-0.1, -0.05) is 17.7 Å². The van der Waals surface area contributed by atoms with Gasteiger partial charge >= 0.3 is 5.97 Å². The summed E-state index contributed by atoms with van der Waals surface area (Å²) in [6.45, 7) is 4.05. The van der Waals surface area contributed by atoms with E-state index in [1.807, 2.05) is 32.0 Å². The zero-order chi connectivity index (χ0) is 14.0. The number of nitrogens with zero attached hydrogens (tertiary/aromatic N) is 1. The first-order valence-electron chi connectivity index (χ1n) is 5.70. The maximum Gasteiger partial charge on any atom is 0.337 e. The van der Waals surface area contributed by atoms with E-state index in [0.717, 1.165) is 11.3 Å². The Kier molecular flexibility index (Phi) is 3.71. The summed E-state index contributed by atoms with van der Waals surface area (Å²) in [4.78, 5) is 14.8. The number of carboxylic acid groups (broad SMARTS) is 1. The highest BCUT2D eigenvalue weighted by atomic mass is 35.5. The van der Waals surface area contributed by atoms with Gasteiger partial charge in [0.25, 0.3) is 0 Å². The molecule has 1 aromatic carbocycles. The molecule has 0 aliphatic rings. The van der Waals surface area contributed by atoms with Gasteiger partial charge in [0.05, 0.1) is 10.6 Å². The lowest BCUT2D eigenvalue weighted by atomic mass is 10.1. The molecule has 0 saturated heterocycles.